The lowest BCUT2D eigenvalue weighted by Crippen LogP contribution is -2.09. The second-order valence-electron chi connectivity index (χ2n) is 6.23. The number of halogens is 1. The van der Waals surface area contributed by atoms with Gasteiger partial charge in [-0.15, -0.1) is 11.3 Å². The number of rotatable bonds is 8. The molecule has 3 rings (SSSR count). The van der Waals surface area contributed by atoms with Crippen molar-refractivity contribution in [3.8, 4) is 17.2 Å². The minimum atomic E-state index is -0.623. The molecule has 0 aliphatic heterocycles. The SMILES string of the molecule is COc1cc(F)c(NC(=O)/C=C/c2cccc(OCc3csc(C)n3)c2)cc1OC. The molecule has 1 heterocycles. The van der Waals surface area contributed by atoms with Gasteiger partial charge in [-0.05, 0) is 30.7 Å². The van der Waals surface area contributed by atoms with Crippen molar-refractivity contribution in [2.45, 2.75) is 13.5 Å². The van der Waals surface area contributed by atoms with Crippen molar-refractivity contribution < 1.29 is 23.4 Å². The van der Waals surface area contributed by atoms with Crippen molar-refractivity contribution >= 4 is 29.0 Å². The standard InChI is InChI=1S/C22H21FN2O4S/c1-14-24-16(13-30-14)12-29-17-6-4-5-15(9-17)7-8-22(26)25-19-11-21(28-3)20(27-2)10-18(19)23/h4-11,13H,12H2,1-3H3,(H,25,26)/b8-7+. The molecule has 0 saturated heterocycles. The van der Waals surface area contributed by atoms with Crippen LogP contribution in [0.3, 0.4) is 0 Å². The molecule has 2 aromatic carbocycles. The number of thiazole rings is 1. The molecule has 3 aromatic rings. The monoisotopic (exact) mass is 428 g/mol. The molecule has 8 heteroatoms. The first-order valence-corrected chi connectivity index (χ1v) is 9.91. The summed E-state index contributed by atoms with van der Waals surface area (Å²) in [7, 11) is 2.85. The zero-order chi connectivity index (χ0) is 21.5. The van der Waals surface area contributed by atoms with Gasteiger partial charge in [-0.1, -0.05) is 12.1 Å². The first-order valence-electron chi connectivity index (χ1n) is 9.03. The summed E-state index contributed by atoms with van der Waals surface area (Å²) in [6.45, 7) is 2.31. The Morgan fingerprint density at radius 3 is 2.67 bits per heavy atom. The maximum Gasteiger partial charge on any atom is 0.248 e. The summed E-state index contributed by atoms with van der Waals surface area (Å²) >= 11 is 1.57. The Labute approximate surface area is 177 Å². The highest BCUT2D eigenvalue weighted by molar-refractivity contribution is 7.09. The third kappa shape index (κ3) is 5.57. The number of benzene rings is 2. The molecule has 0 fully saturated rings. The lowest BCUT2D eigenvalue weighted by atomic mass is 10.2. The van der Waals surface area contributed by atoms with Gasteiger partial charge in [-0.2, -0.15) is 0 Å². The number of amides is 1. The summed E-state index contributed by atoms with van der Waals surface area (Å²) in [5.41, 5.74) is 1.64. The van der Waals surface area contributed by atoms with Crippen LogP contribution in [0.1, 0.15) is 16.3 Å². The largest absolute Gasteiger partial charge is 0.493 e. The Bertz CT molecular complexity index is 1070. The smallest absolute Gasteiger partial charge is 0.248 e. The molecule has 0 spiro atoms. The topological polar surface area (TPSA) is 69.7 Å². The van der Waals surface area contributed by atoms with E-state index in [1.807, 2.05) is 30.5 Å². The Hall–Kier alpha value is -3.39. The molecular formula is C22H21FN2O4S. The number of carbonyl (C=O) groups is 1. The van der Waals surface area contributed by atoms with E-state index in [-0.39, 0.29) is 11.4 Å². The van der Waals surface area contributed by atoms with Crippen LogP contribution in [0.15, 0.2) is 47.9 Å². The van der Waals surface area contributed by atoms with Crippen molar-refractivity contribution in [1.29, 1.82) is 0 Å². The number of aromatic nitrogens is 1. The summed E-state index contributed by atoms with van der Waals surface area (Å²) in [6.07, 6.45) is 2.94. The third-order valence-electron chi connectivity index (χ3n) is 4.07. The van der Waals surface area contributed by atoms with E-state index in [2.05, 4.69) is 10.3 Å². The van der Waals surface area contributed by atoms with Crippen LogP contribution in [-0.2, 0) is 11.4 Å². The van der Waals surface area contributed by atoms with E-state index in [1.54, 1.807) is 23.5 Å². The van der Waals surface area contributed by atoms with Gasteiger partial charge >= 0.3 is 0 Å². The number of carbonyl (C=O) groups excluding carboxylic acids is 1. The molecule has 6 nitrogen and oxygen atoms in total. The van der Waals surface area contributed by atoms with E-state index in [9.17, 15) is 9.18 Å². The van der Waals surface area contributed by atoms with E-state index in [1.165, 1.54) is 26.4 Å². The molecule has 156 valence electrons. The van der Waals surface area contributed by atoms with E-state index >= 15 is 0 Å². The van der Waals surface area contributed by atoms with Gasteiger partial charge in [0.2, 0.25) is 5.91 Å². The number of nitrogens with one attached hydrogen (secondary N) is 1. The van der Waals surface area contributed by atoms with Gasteiger partial charge in [0.15, 0.2) is 17.3 Å². The summed E-state index contributed by atoms with van der Waals surface area (Å²) in [5.74, 6) is 0.119. The zero-order valence-electron chi connectivity index (χ0n) is 16.8. The highest BCUT2D eigenvalue weighted by atomic mass is 32.1. The third-order valence-corrected chi connectivity index (χ3v) is 4.89. The Kier molecular flexibility index (Phi) is 7.03. The average Bonchev–Trinajstić information content (AvgIpc) is 3.17. The molecule has 1 amide bonds. The van der Waals surface area contributed by atoms with Crippen LogP contribution in [-0.4, -0.2) is 25.1 Å². The van der Waals surface area contributed by atoms with Crippen LogP contribution in [0.25, 0.3) is 6.08 Å². The molecule has 1 N–H and O–H groups in total. The quantitative estimate of drug-likeness (QED) is 0.520. The summed E-state index contributed by atoms with van der Waals surface area (Å²) in [5, 5.41) is 5.44. The van der Waals surface area contributed by atoms with Crippen molar-refractivity contribution in [2.24, 2.45) is 0 Å². The fraction of sp³-hybridized carbons (Fsp3) is 0.182. The molecule has 0 aliphatic carbocycles. The van der Waals surface area contributed by atoms with E-state index in [0.29, 0.717) is 18.1 Å². The lowest BCUT2D eigenvalue weighted by Gasteiger charge is -2.11. The number of hydrogen-bond donors (Lipinski definition) is 1. The summed E-state index contributed by atoms with van der Waals surface area (Å²) in [6, 6.07) is 9.82. The van der Waals surface area contributed by atoms with Crippen LogP contribution in [0, 0.1) is 12.7 Å². The highest BCUT2D eigenvalue weighted by Gasteiger charge is 2.12. The summed E-state index contributed by atoms with van der Waals surface area (Å²) in [4.78, 5) is 16.6. The minimum absolute atomic E-state index is 0.00191. The van der Waals surface area contributed by atoms with E-state index in [4.69, 9.17) is 14.2 Å². The molecule has 0 atom stereocenters. The van der Waals surface area contributed by atoms with Crippen molar-refractivity contribution in [1.82, 2.24) is 4.98 Å². The summed E-state index contributed by atoms with van der Waals surface area (Å²) < 4.78 is 30.1. The molecule has 0 radical (unpaired) electrons. The number of ether oxygens (including phenoxy) is 3. The van der Waals surface area contributed by atoms with Gasteiger partial charge in [0.05, 0.1) is 30.6 Å². The molecule has 1 aromatic heterocycles. The molecule has 30 heavy (non-hydrogen) atoms. The second-order valence-corrected chi connectivity index (χ2v) is 7.29. The maximum atomic E-state index is 14.2. The van der Waals surface area contributed by atoms with Crippen LogP contribution >= 0.6 is 11.3 Å². The number of aryl methyl sites for hydroxylation is 1. The first kappa shape index (κ1) is 21.3. The van der Waals surface area contributed by atoms with Gasteiger partial charge < -0.3 is 19.5 Å². The van der Waals surface area contributed by atoms with Gasteiger partial charge in [-0.3, -0.25) is 4.79 Å². The van der Waals surface area contributed by atoms with Crippen LogP contribution in [0.5, 0.6) is 17.2 Å². The Morgan fingerprint density at radius 2 is 1.97 bits per heavy atom. The van der Waals surface area contributed by atoms with E-state index < -0.39 is 11.7 Å². The predicted octanol–water partition coefficient (Wildman–Crippen LogP) is 4.84. The van der Waals surface area contributed by atoms with E-state index in [0.717, 1.165) is 22.3 Å². The van der Waals surface area contributed by atoms with Crippen LogP contribution in [0.2, 0.25) is 0 Å². The Balaban J connectivity index is 1.63. The molecule has 0 aliphatic rings. The van der Waals surface area contributed by atoms with Gasteiger partial charge in [-0.25, -0.2) is 9.37 Å². The van der Waals surface area contributed by atoms with Gasteiger partial charge in [0.1, 0.15) is 12.4 Å². The van der Waals surface area contributed by atoms with Crippen molar-refractivity contribution in [3.05, 3.63) is 69.9 Å². The predicted molar refractivity (Wildman–Crippen MR) is 115 cm³/mol. The fourth-order valence-corrected chi connectivity index (χ4v) is 3.23. The molecule has 0 bridgehead atoms. The normalized spacial score (nSPS) is 10.8. The van der Waals surface area contributed by atoms with Gasteiger partial charge in [0.25, 0.3) is 0 Å². The van der Waals surface area contributed by atoms with Crippen molar-refractivity contribution in [2.75, 3.05) is 19.5 Å². The minimum Gasteiger partial charge on any atom is -0.493 e. The number of methoxy groups -OCH3 is 2. The molecule has 0 unspecified atom stereocenters. The molecular weight excluding hydrogens is 407 g/mol. The number of nitrogens with zero attached hydrogens (tertiary/aromatic N) is 1. The number of hydrogen-bond acceptors (Lipinski definition) is 6. The number of anilines is 1. The lowest BCUT2D eigenvalue weighted by molar-refractivity contribution is -0.111. The second kappa shape index (κ2) is 9.89. The van der Waals surface area contributed by atoms with Crippen molar-refractivity contribution in [3.63, 3.8) is 0 Å². The fourth-order valence-electron chi connectivity index (χ4n) is 2.64. The molecule has 0 saturated carbocycles. The zero-order valence-corrected chi connectivity index (χ0v) is 17.6. The maximum absolute atomic E-state index is 14.2. The average molecular weight is 428 g/mol. The van der Waals surface area contributed by atoms with Crippen LogP contribution in [0.4, 0.5) is 10.1 Å². The Morgan fingerprint density at radius 1 is 1.20 bits per heavy atom. The highest BCUT2D eigenvalue weighted by Crippen LogP contribution is 2.32. The van der Waals surface area contributed by atoms with Gasteiger partial charge in [0, 0.05) is 23.6 Å². The first-order chi connectivity index (χ1) is 14.5. The van der Waals surface area contributed by atoms with Crippen LogP contribution < -0.4 is 19.5 Å².